The van der Waals surface area contributed by atoms with Gasteiger partial charge in [0.15, 0.2) is 0 Å². The first-order chi connectivity index (χ1) is 4.77. The maximum atomic E-state index is 5.13. The van der Waals surface area contributed by atoms with Crippen LogP contribution in [-0.2, 0) is 4.74 Å². The van der Waals surface area contributed by atoms with Gasteiger partial charge in [-0.05, 0) is 19.0 Å². The fourth-order valence-corrected chi connectivity index (χ4v) is 1.40. The summed E-state index contributed by atoms with van der Waals surface area (Å²) in [5, 5.41) is 3.22. The van der Waals surface area contributed by atoms with E-state index in [1.165, 1.54) is 0 Å². The van der Waals surface area contributed by atoms with Gasteiger partial charge in [-0.2, -0.15) is 0 Å². The molecule has 2 heteroatoms. The van der Waals surface area contributed by atoms with Crippen LogP contribution in [0.3, 0.4) is 0 Å². The fraction of sp³-hybridized carbons (Fsp3) is 0.750. The quantitative estimate of drug-likeness (QED) is 0.622. The van der Waals surface area contributed by atoms with Crippen molar-refractivity contribution in [2.24, 2.45) is 5.92 Å². The molecule has 0 fully saturated rings. The molecular formula is C8H15NO. The van der Waals surface area contributed by atoms with E-state index >= 15 is 0 Å². The van der Waals surface area contributed by atoms with Crippen molar-refractivity contribution in [3.8, 4) is 0 Å². The van der Waals surface area contributed by atoms with E-state index in [1.807, 2.05) is 7.05 Å². The summed E-state index contributed by atoms with van der Waals surface area (Å²) in [6, 6.07) is 0.509. The molecule has 0 bridgehead atoms. The van der Waals surface area contributed by atoms with Gasteiger partial charge in [-0.1, -0.05) is 6.92 Å². The van der Waals surface area contributed by atoms with Crippen LogP contribution in [0.15, 0.2) is 11.8 Å². The summed E-state index contributed by atoms with van der Waals surface area (Å²) in [7, 11) is 3.72. The third-order valence-electron chi connectivity index (χ3n) is 2.10. The second-order valence-corrected chi connectivity index (χ2v) is 2.83. The zero-order valence-corrected chi connectivity index (χ0v) is 6.85. The standard InChI is InChI=1S/C8H15NO/c1-6-4-7(10-3)5-8(6)9-2/h5-6,8-9H,4H2,1-3H3. The van der Waals surface area contributed by atoms with E-state index in [4.69, 9.17) is 4.74 Å². The average Bonchev–Trinajstić information content (AvgIpc) is 2.30. The van der Waals surface area contributed by atoms with Crippen LogP contribution in [0, 0.1) is 5.92 Å². The van der Waals surface area contributed by atoms with Gasteiger partial charge in [-0.3, -0.25) is 0 Å². The summed E-state index contributed by atoms with van der Waals surface area (Å²) in [6.07, 6.45) is 3.23. The van der Waals surface area contributed by atoms with E-state index in [0.717, 1.165) is 12.2 Å². The molecule has 2 unspecified atom stereocenters. The minimum atomic E-state index is 0.509. The minimum Gasteiger partial charge on any atom is -0.501 e. The largest absolute Gasteiger partial charge is 0.501 e. The molecule has 0 spiro atoms. The molecule has 0 aromatic carbocycles. The number of ether oxygens (including phenoxy) is 1. The van der Waals surface area contributed by atoms with Crippen LogP contribution < -0.4 is 5.32 Å². The number of nitrogens with one attached hydrogen (secondary N) is 1. The zero-order chi connectivity index (χ0) is 7.56. The Bertz CT molecular complexity index is 142. The monoisotopic (exact) mass is 141 g/mol. The molecule has 0 aliphatic heterocycles. The highest BCUT2D eigenvalue weighted by Gasteiger charge is 2.22. The molecule has 58 valence electrons. The molecule has 0 aromatic heterocycles. The summed E-state index contributed by atoms with van der Waals surface area (Å²) >= 11 is 0. The second-order valence-electron chi connectivity index (χ2n) is 2.83. The molecule has 0 amide bonds. The maximum absolute atomic E-state index is 5.13. The third-order valence-corrected chi connectivity index (χ3v) is 2.10. The van der Waals surface area contributed by atoms with Crippen molar-refractivity contribution >= 4 is 0 Å². The highest BCUT2D eigenvalue weighted by Crippen LogP contribution is 2.24. The predicted octanol–water partition coefficient (Wildman–Crippen LogP) is 1.14. The Kier molecular flexibility index (Phi) is 2.33. The van der Waals surface area contributed by atoms with E-state index in [1.54, 1.807) is 7.11 Å². The van der Waals surface area contributed by atoms with Gasteiger partial charge in [-0.25, -0.2) is 0 Å². The Morgan fingerprint density at radius 3 is 2.70 bits per heavy atom. The lowest BCUT2D eigenvalue weighted by atomic mass is 10.1. The Balaban J connectivity index is 2.52. The lowest BCUT2D eigenvalue weighted by Crippen LogP contribution is -2.26. The van der Waals surface area contributed by atoms with Crippen molar-refractivity contribution in [3.63, 3.8) is 0 Å². The normalized spacial score (nSPS) is 32.1. The molecule has 0 saturated carbocycles. The molecule has 0 aromatic rings. The summed E-state index contributed by atoms with van der Waals surface area (Å²) in [5.74, 6) is 1.80. The summed E-state index contributed by atoms with van der Waals surface area (Å²) in [6.45, 7) is 2.23. The lowest BCUT2D eigenvalue weighted by molar-refractivity contribution is 0.274. The van der Waals surface area contributed by atoms with Gasteiger partial charge >= 0.3 is 0 Å². The van der Waals surface area contributed by atoms with E-state index in [-0.39, 0.29) is 0 Å². The first kappa shape index (κ1) is 7.61. The van der Waals surface area contributed by atoms with Crippen LogP contribution in [0.25, 0.3) is 0 Å². The Morgan fingerprint density at radius 2 is 2.40 bits per heavy atom. The van der Waals surface area contributed by atoms with Crippen LogP contribution >= 0.6 is 0 Å². The first-order valence-corrected chi connectivity index (χ1v) is 3.70. The van der Waals surface area contributed by atoms with Gasteiger partial charge in [-0.15, -0.1) is 0 Å². The van der Waals surface area contributed by atoms with Crippen molar-refractivity contribution in [3.05, 3.63) is 11.8 Å². The smallest absolute Gasteiger partial charge is 0.0934 e. The molecule has 1 aliphatic carbocycles. The summed E-state index contributed by atoms with van der Waals surface area (Å²) < 4.78 is 5.13. The molecule has 1 aliphatic rings. The third kappa shape index (κ3) is 1.32. The molecule has 2 nitrogen and oxygen atoms in total. The molecule has 10 heavy (non-hydrogen) atoms. The van der Waals surface area contributed by atoms with Gasteiger partial charge < -0.3 is 10.1 Å². The van der Waals surface area contributed by atoms with Gasteiger partial charge in [0, 0.05) is 12.5 Å². The molecule has 0 radical (unpaired) electrons. The Morgan fingerprint density at radius 1 is 1.70 bits per heavy atom. The molecule has 1 rings (SSSR count). The summed E-state index contributed by atoms with van der Waals surface area (Å²) in [4.78, 5) is 0. The van der Waals surface area contributed by atoms with Crippen molar-refractivity contribution in [2.45, 2.75) is 19.4 Å². The van der Waals surface area contributed by atoms with Crippen molar-refractivity contribution in [1.29, 1.82) is 0 Å². The Hall–Kier alpha value is -0.500. The highest BCUT2D eigenvalue weighted by molar-refractivity contribution is 5.10. The number of hydrogen-bond donors (Lipinski definition) is 1. The highest BCUT2D eigenvalue weighted by atomic mass is 16.5. The van der Waals surface area contributed by atoms with Crippen LogP contribution in [0.5, 0.6) is 0 Å². The van der Waals surface area contributed by atoms with E-state index in [0.29, 0.717) is 12.0 Å². The number of methoxy groups -OCH3 is 1. The van der Waals surface area contributed by atoms with E-state index in [2.05, 4.69) is 18.3 Å². The van der Waals surface area contributed by atoms with Crippen LogP contribution in [0.2, 0.25) is 0 Å². The number of hydrogen-bond acceptors (Lipinski definition) is 2. The van der Waals surface area contributed by atoms with Crippen molar-refractivity contribution < 1.29 is 4.74 Å². The van der Waals surface area contributed by atoms with Crippen LogP contribution in [-0.4, -0.2) is 20.2 Å². The molecule has 2 atom stereocenters. The van der Waals surface area contributed by atoms with Crippen LogP contribution in [0.4, 0.5) is 0 Å². The minimum absolute atomic E-state index is 0.509. The SMILES string of the molecule is CNC1C=C(OC)CC1C. The predicted molar refractivity (Wildman–Crippen MR) is 41.7 cm³/mol. The van der Waals surface area contributed by atoms with Gasteiger partial charge in [0.2, 0.25) is 0 Å². The average molecular weight is 141 g/mol. The molecular weight excluding hydrogens is 126 g/mol. The zero-order valence-electron chi connectivity index (χ0n) is 6.85. The van der Waals surface area contributed by atoms with E-state index < -0.39 is 0 Å². The molecule has 0 heterocycles. The fourth-order valence-electron chi connectivity index (χ4n) is 1.40. The molecule has 0 saturated heterocycles. The summed E-state index contributed by atoms with van der Waals surface area (Å²) in [5.41, 5.74) is 0. The maximum Gasteiger partial charge on any atom is 0.0934 e. The Labute approximate surface area is 62.3 Å². The van der Waals surface area contributed by atoms with Gasteiger partial charge in [0.25, 0.3) is 0 Å². The number of likely N-dealkylation sites (N-methyl/N-ethyl adjacent to an activating group) is 1. The van der Waals surface area contributed by atoms with Crippen molar-refractivity contribution in [2.75, 3.05) is 14.2 Å². The topological polar surface area (TPSA) is 21.3 Å². The van der Waals surface area contributed by atoms with E-state index in [9.17, 15) is 0 Å². The lowest BCUT2D eigenvalue weighted by Gasteiger charge is -2.11. The van der Waals surface area contributed by atoms with Crippen LogP contribution in [0.1, 0.15) is 13.3 Å². The van der Waals surface area contributed by atoms with Crippen molar-refractivity contribution in [1.82, 2.24) is 5.32 Å². The number of rotatable bonds is 2. The second kappa shape index (κ2) is 3.06. The van der Waals surface area contributed by atoms with Gasteiger partial charge in [0.1, 0.15) is 0 Å². The molecule has 1 N–H and O–H groups in total. The first-order valence-electron chi connectivity index (χ1n) is 3.70. The number of allylic oxidation sites excluding steroid dienone is 1. The van der Waals surface area contributed by atoms with Gasteiger partial charge in [0.05, 0.1) is 12.9 Å².